The fourth-order valence-corrected chi connectivity index (χ4v) is 2.51. The molecule has 0 aromatic carbocycles. The van der Waals surface area contributed by atoms with Crippen molar-refractivity contribution in [3.63, 3.8) is 0 Å². The maximum absolute atomic E-state index is 12.0. The maximum Gasteiger partial charge on any atom is 0.323 e. The number of likely N-dealkylation sites (tertiary alicyclic amines) is 1. The van der Waals surface area contributed by atoms with Crippen LogP contribution in [0.2, 0.25) is 0 Å². The molecule has 108 valence electrons. The van der Waals surface area contributed by atoms with Crippen LogP contribution in [-0.4, -0.2) is 36.6 Å². The van der Waals surface area contributed by atoms with Gasteiger partial charge < -0.3 is 4.74 Å². The van der Waals surface area contributed by atoms with E-state index in [4.69, 9.17) is 4.74 Å². The van der Waals surface area contributed by atoms with Crippen molar-refractivity contribution >= 4 is 18.4 Å². The number of nitrogens with zero attached hydrogens (tertiary/aromatic N) is 1. The Kier molecular flexibility index (Phi) is 10.5. The Balaban J connectivity index is 0.00000289. The molecule has 0 bridgehead atoms. The normalized spacial score (nSPS) is 17.9. The van der Waals surface area contributed by atoms with Crippen LogP contribution in [0.15, 0.2) is 0 Å². The molecule has 1 saturated heterocycles. The second kappa shape index (κ2) is 10.6. The van der Waals surface area contributed by atoms with E-state index in [1.54, 1.807) is 0 Å². The number of carbonyl (C=O) groups is 1. The standard InChI is InChI=1S/C14H27NO2.ClH/c1-3-5-7-10-13(14(16)17-4-2)15-11-8-6-9-12-15;/h13H,3-12H2,1-2H3;1H. The van der Waals surface area contributed by atoms with Gasteiger partial charge in [-0.15, -0.1) is 12.4 Å². The second-order valence-electron chi connectivity index (χ2n) is 4.86. The molecular formula is C14H28ClNO2. The summed E-state index contributed by atoms with van der Waals surface area (Å²) in [6.07, 6.45) is 8.27. The van der Waals surface area contributed by atoms with E-state index in [0.717, 1.165) is 25.9 Å². The zero-order chi connectivity index (χ0) is 12.5. The molecule has 1 unspecified atom stereocenters. The lowest BCUT2D eigenvalue weighted by atomic mass is 10.0. The van der Waals surface area contributed by atoms with Gasteiger partial charge in [0, 0.05) is 0 Å². The van der Waals surface area contributed by atoms with Gasteiger partial charge in [-0.2, -0.15) is 0 Å². The highest BCUT2D eigenvalue weighted by Crippen LogP contribution is 2.17. The molecule has 1 atom stereocenters. The van der Waals surface area contributed by atoms with Gasteiger partial charge in [0.1, 0.15) is 6.04 Å². The van der Waals surface area contributed by atoms with Gasteiger partial charge >= 0.3 is 5.97 Å². The van der Waals surface area contributed by atoms with E-state index in [2.05, 4.69) is 11.8 Å². The number of unbranched alkanes of at least 4 members (excludes halogenated alkanes) is 2. The van der Waals surface area contributed by atoms with Gasteiger partial charge in [0.2, 0.25) is 0 Å². The molecule has 1 rings (SSSR count). The number of piperidine rings is 1. The molecule has 0 saturated carbocycles. The minimum Gasteiger partial charge on any atom is -0.465 e. The van der Waals surface area contributed by atoms with Crippen molar-refractivity contribution in [2.75, 3.05) is 19.7 Å². The maximum atomic E-state index is 12.0. The van der Waals surface area contributed by atoms with E-state index in [1.807, 2.05) is 6.92 Å². The summed E-state index contributed by atoms with van der Waals surface area (Å²) in [7, 11) is 0. The summed E-state index contributed by atoms with van der Waals surface area (Å²) in [6, 6.07) is 0.0156. The number of hydrogen-bond donors (Lipinski definition) is 0. The largest absolute Gasteiger partial charge is 0.465 e. The Bertz CT molecular complexity index is 218. The lowest BCUT2D eigenvalue weighted by Crippen LogP contribution is -2.44. The van der Waals surface area contributed by atoms with Crippen molar-refractivity contribution < 1.29 is 9.53 Å². The summed E-state index contributed by atoms with van der Waals surface area (Å²) in [5.41, 5.74) is 0. The van der Waals surface area contributed by atoms with Crippen LogP contribution in [0.5, 0.6) is 0 Å². The van der Waals surface area contributed by atoms with E-state index >= 15 is 0 Å². The summed E-state index contributed by atoms with van der Waals surface area (Å²) in [5, 5.41) is 0. The predicted octanol–water partition coefficient (Wildman–Crippen LogP) is 3.41. The van der Waals surface area contributed by atoms with Crippen molar-refractivity contribution in [3.05, 3.63) is 0 Å². The molecule has 1 aliphatic heterocycles. The van der Waals surface area contributed by atoms with Gasteiger partial charge in [0.05, 0.1) is 6.61 Å². The monoisotopic (exact) mass is 277 g/mol. The van der Waals surface area contributed by atoms with Crippen molar-refractivity contribution in [2.24, 2.45) is 0 Å². The van der Waals surface area contributed by atoms with Gasteiger partial charge in [-0.05, 0) is 39.3 Å². The molecule has 0 aliphatic carbocycles. The summed E-state index contributed by atoms with van der Waals surface area (Å²) < 4.78 is 5.21. The van der Waals surface area contributed by atoms with Crippen LogP contribution in [0.3, 0.4) is 0 Å². The lowest BCUT2D eigenvalue weighted by molar-refractivity contribution is -0.150. The Hall–Kier alpha value is -0.280. The molecule has 0 N–H and O–H groups in total. The quantitative estimate of drug-likeness (QED) is 0.528. The molecule has 3 nitrogen and oxygen atoms in total. The number of carbonyl (C=O) groups excluding carboxylic acids is 1. The molecule has 18 heavy (non-hydrogen) atoms. The van der Waals surface area contributed by atoms with Crippen LogP contribution in [0.25, 0.3) is 0 Å². The number of halogens is 1. The number of esters is 1. The number of ether oxygens (including phenoxy) is 1. The van der Waals surface area contributed by atoms with Crippen LogP contribution in [0.1, 0.15) is 58.8 Å². The van der Waals surface area contributed by atoms with Gasteiger partial charge in [-0.3, -0.25) is 9.69 Å². The first-order valence-corrected chi connectivity index (χ1v) is 7.20. The second-order valence-corrected chi connectivity index (χ2v) is 4.86. The van der Waals surface area contributed by atoms with Crippen molar-refractivity contribution in [3.8, 4) is 0 Å². The predicted molar refractivity (Wildman–Crippen MR) is 77.2 cm³/mol. The zero-order valence-corrected chi connectivity index (χ0v) is 12.6. The molecule has 1 fully saturated rings. The molecule has 1 aliphatic rings. The van der Waals surface area contributed by atoms with E-state index in [-0.39, 0.29) is 24.4 Å². The molecule has 0 radical (unpaired) electrons. The van der Waals surface area contributed by atoms with Crippen LogP contribution >= 0.6 is 12.4 Å². The van der Waals surface area contributed by atoms with Gasteiger partial charge in [-0.25, -0.2) is 0 Å². The van der Waals surface area contributed by atoms with Gasteiger partial charge in [0.25, 0.3) is 0 Å². The third-order valence-electron chi connectivity index (χ3n) is 3.47. The fraction of sp³-hybridized carbons (Fsp3) is 0.929. The summed E-state index contributed by atoms with van der Waals surface area (Å²) in [6.45, 7) is 6.71. The van der Waals surface area contributed by atoms with E-state index in [1.165, 1.54) is 32.1 Å². The fourth-order valence-electron chi connectivity index (χ4n) is 2.51. The van der Waals surface area contributed by atoms with Crippen LogP contribution in [0, 0.1) is 0 Å². The first-order valence-electron chi connectivity index (χ1n) is 7.20. The molecule has 4 heteroatoms. The average molecular weight is 278 g/mol. The SMILES string of the molecule is CCCCCC(C(=O)OCC)N1CCCCC1.Cl. The van der Waals surface area contributed by atoms with Crippen LogP contribution in [-0.2, 0) is 9.53 Å². The Labute approximate surface area is 118 Å². The highest BCUT2D eigenvalue weighted by Gasteiger charge is 2.27. The molecule has 0 aromatic rings. The molecule has 0 aromatic heterocycles. The third-order valence-corrected chi connectivity index (χ3v) is 3.47. The van der Waals surface area contributed by atoms with Gasteiger partial charge in [-0.1, -0.05) is 32.6 Å². The summed E-state index contributed by atoms with van der Waals surface area (Å²) >= 11 is 0. The minimum atomic E-state index is -0.00879. The van der Waals surface area contributed by atoms with E-state index in [9.17, 15) is 4.79 Å². The highest BCUT2D eigenvalue weighted by atomic mass is 35.5. The lowest BCUT2D eigenvalue weighted by Gasteiger charge is -2.33. The van der Waals surface area contributed by atoms with E-state index in [0.29, 0.717) is 6.61 Å². The zero-order valence-electron chi connectivity index (χ0n) is 11.8. The Morgan fingerprint density at radius 2 is 1.83 bits per heavy atom. The molecule has 0 spiro atoms. The van der Waals surface area contributed by atoms with Crippen molar-refractivity contribution in [1.29, 1.82) is 0 Å². The first kappa shape index (κ1) is 17.7. The van der Waals surface area contributed by atoms with Crippen LogP contribution in [0.4, 0.5) is 0 Å². The summed E-state index contributed by atoms with van der Waals surface area (Å²) in [5.74, 6) is -0.00879. The van der Waals surface area contributed by atoms with Gasteiger partial charge in [0.15, 0.2) is 0 Å². The van der Waals surface area contributed by atoms with Crippen molar-refractivity contribution in [2.45, 2.75) is 64.8 Å². The average Bonchev–Trinajstić information content (AvgIpc) is 2.36. The van der Waals surface area contributed by atoms with E-state index < -0.39 is 0 Å². The van der Waals surface area contributed by atoms with Crippen molar-refractivity contribution in [1.82, 2.24) is 4.90 Å². The topological polar surface area (TPSA) is 29.5 Å². The molecule has 0 amide bonds. The van der Waals surface area contributed by atoms with Crippen LogP contribution < -0.4 is 0 Å². The Morgan fingerprint density at radius 1 is 1.17 bits per heavy atom. The molecule has 1 heterocycles. The molecular weight excluding hydrogens is 250 g/mol. The third kappa shape index (κ3) is 6.05. The summed E-state index contributed by atoms with van der Waals surface area (Å²) in [4.78, 5) is 14.3. The number of rotatable bonds is 7. The minimum absolute atomic E-state index is 0. The Morgan fingerprint density at radius 3 is 2.39 bits per heavy atom. The number of hydrogen-bond acceptors (Lipinski definition) is 3. The highest BCUT2D eigenvalue weighted by molar-refractivity contribution is 5.85. The first-order chi connectivity index (χ1) is 8.29. The smallest absolute Gasteiger partial charge is 0.323 e.